The minimum atomic E-state index is -0.00241. The van der Waals surface area contributed by atoms with E-state index in [1.807, 2.05) is 0 Å². The zero-order chi connectivity index (χ0) is 20.4. The van der Waals surface area contributed by atoms with Crippen LogP contribution in [0.3, 0.4) is 0 Å². The average molecular weight is 407 g/mol. The second kappa shape index (κ2) is 6.63. The number of nitrogens with one attached hydrogen (secondary N) is 1. The Morgan fingerprint density at radius 2 is 1.65 bits per heavy atom. The minimum absolute atomic E-state index is 0.00241. The molecule has 0 radical (unpaired) electrons. The zero-order valence-corrected chi connectivity index (χ0v) is 18.1. The van der Waals surface area contributed by atoms with Gasteiger partial charge in [0.2, 0.25) is 0 Å². The summed E-state index contributed by atoms with van der Waals surface area (Å²) in [5.41, 5.74) is 7.67. The summed E-state index contributed by atoms with van der Waals surface area (Å²) in [5.74, 6) is 1.15. The second-order valence-electron chi connectivity index (χ2n) is 9.99. The number of allylic oxidation sites excluding steroid dienone is 2. The molecule has 1 spiro atoms. The molecule has 31 heavy (non-hydrogen) atoms. The van der Waals surface area contributed by atoms with E-state index in [1.165, 1.54) is 79.1 Å². The number of hydrogen-bond donors (Lipinski definition) is 1. The van der Waals surface area contributed by atoms with Crippen molar-refractivity contribution in [1.29, 1.82) is 0 Å². The van der Waals surface area contributed by atoms with Crippen LogP contribution in [-0.4, -0.2) is 5.66 Å². The van der Waals surface area contributed by atoms with Crippen molar-refractivity contribution in [2.24, 2.45) is 5.92 Å². The number of hydrogen-bond acceptors (Lipinski definition) is 2. The molecule has 0 bridgehead atoms. The Morgan fingerprint density at radius 3 is 2.55 bits per heavy atom. The first-order chi connectivity index (χ1) is 15.4. The van der Waals surface area contributed by atoms with Gasteiger partial charge in [-0.25, -0.2) is 0 Å². The first kappa shape index (κ1) is 17.9. The summed E-state index contributed by atoms with van der Waals surface area (Å²) < 4.78 is 0. The summed E-state index contributed by atoms with van der Waals surface area (Å²) >= 11 is 0. The summed E-state index contributed by atoms with van der Waals surface area (Å²) in [6.07, 6.45) is 10.3. The van der Waals surface area contributed by atoms with Crippen molar-refractivity contribution in [2.45, 2.75) is 62.9 Å². The van der Waals surface area contributed by atoms with Gasteiger partial charge in [0.25, 0.3) is 0 Å². The lowest BCUT2D eigenvalue weighted by Gasteiger charge is -2.62. The van der Waals surface area contributed by atoms with Crippen LogP contribution < -0.4 is 10.2 Å². The molecule has 1 N–H and O–H groups in total. The number of benzene rings is 3. The van der Waals surface area contributed by atoms with Crippen LogP contribution in [0.15, 0.2) is 78.0 Å². The van der Waals surface area contributed by atoms with Crippen LogP contribution in [0.2, 0.25) is 0 Å². The molecule has 2 nitrogen and oxygen atoms in total. The van der Waals surface area contributed by atoms with E-state index in [0.717, 1.165) is 0 Å². The maximum absolute atomic E-state index is 4.20. The molecule has 1 saturated carbocycles. The van der Waals surface area contributed by atoms with Crippen LogP contribution in [-0.2, 0) is 0 Å². The van der Waals surface area contributed by atoms with Gasteiger partial charge in [0.15, 0.2) is 0 Å². The number of anilines is 2. The molecule has 1 fully saturated rings. The summed E-state index contributed by atoms with van der Waals surface area (Å²) in [6.45, 7) is 0. The molecule has 2 heteroatoms. The largest absolute Gasteiger partial charge is 0.362 e. The normalized spacial score (nSPS) is 29.1. The lowest BCUT2D eigenvalue weighted by molar-refractivity contribution is 0.169. The van der Waals surface area contributed by atoms with E-state index in [9.17, 15) is 0 Å². The molecular weight excluding hydrogens is 376 g/mol. The van der Waals surface area contributed by atoms with Gasteiger partial charge in [-0.05, 0) is 73.6 Å². The minimum Gasteiger partial charge on any atom is -0.362 e. The molecule has 3 aromatic carbocycles. The summed E-state index contributed by atoms with van der Waals surface area (Å²) in [7, 11) is 0. The van der Waals surface area contributed by atoms with Crippen molar-refractivity contribution in [1.82, 2.24) is 0 Å². The molecule has 2 unspecified atom stereocenters. The Labute approximate surface area is 185 Å². The first-order valence-corrected chi connectivity index (χ1v) is 12.2. The van der Waals surface area contributed by atoms with E-state index in [1.54, 1.807) is 11.3 Å². The predicted molar refractivity (Wildman–Crippen MR) is 129 cm³/mol. The SMILES string of the molecule is c1ccc(C2C3=C(CCCC3)N3c4cccc5cccc(c45)N[C@]34CCCCC24)cc1. The highest BCUT2D eigenvalue weighted by Crippen LogP contribution is 2.60. The van der Waals surface area contributed by atoms with Crippen LogP contribution in [0.25, 0.3) is 10.8 Å². The fourth-order valence-corrected chi connectivity index (χ4v) is 7.40. The quantitative estimate of drug-likeness (QED) is 0.448. The third-order valence-corrected chi connectivity index (χ3v) is 8.50. The van der Waals surface area contributed by atoms with Crippen molar-refractivity contribution in [3.05, 3.63) is 83.6 Å². The first-order valence-electron chi connectivity index (χ1n) is 12.2. The Bertz CT molecular complexity index is 1190. The standard InChI is InChI=1S/C29H30N2/c1-2-10-20(11-3-1)27-22-14-4-5-17-25(22)31-26-18-9-13-21-12-8-16-24(28(21)26)30-29(31)19-7-6-15-23(27)29/h1-3,8-13,16,18,23,27,30H,4-7,14-15,17,19H2/t23?,27?,29-/m1/s1. The van der Waals surface area contributed by atoms with Gasteiger partial charge < -0.3 is 10.2 Å². The van der Waals surface area contributed by atoms with Crippen LogP contribution in [0, 0.1) is 5.92 Å². The molecular formula is C29H30N2. The molecule has 7 rings (SSSR count). The fraction of sp³-hybridized carbons (Fsp3) is 0.379. The van der Waals surface area contributed by atoms with Gasteiger partial charge in [0.1, 0.15) is 5.66 Å². The molecule has 0 amide bonds. The number of fused-ring (bicyclic) bond motifs is 2. The highest BCUT2D eigenvalue weighted by Gasteiger charge is 2.56. The molecule has 0 aromatic heterocycles. The maximum atomic E-state index is 4.20. The van der Waals surface area contributed by atoms with E-state index in [2.05, 4.69) is 76.9 Å². The van der Waals surface area contributed by atoms with Crippen LogP contribution >= 0.6 is 0 Å². The third-order valence-electron chi connectivity index (χ3n) is 8.50. The third kappa shape index (κ3) is 2.39. The van der Waals surface area contributed by atoms with Crippen molar-refractivity contribution < 1.29 is 0 Å². The summed E-state index contributed by atoms with van der Waals surface area (Å²) in [5, 5.41) is 6.97. The van der Waals surface area contributed by atoms with E-state index in [0.29, 0.717) is 11.8 Å². The van der Waals surface area contributed by atoms with E-state index in [-0.39, 0.29) is 5.66 Å². The summed E-state index contributed by atoms with van der Waals surface area (Å²) in [6, 6.07) is 25.2. The molecule has 0 saturated heterocycles. The van der Waals surface area contributed by atoms with Gasteiger partial charge in [-0.2, -0.15) is 0 Å². The van der Waals surface area contributed by atoms with Crippen molar-refractivity contribution in [3.8, 4) is 0 Å². The number of nitrogens with zero attached hydrogens (tertiary/aromatic N) is 1. The molecule has 2 heterocycles. The van der Waals surface area contributed by atoms with E-state index in [4.69, 9.17) is 0 Å². The van der Waals surface area contributed by atoms with Crippen LogP contribution in [0.1, 0.15) is 62.8 Å². The average Bonchev–Trinajstić information content (AvgIpc) is 2.83. The molecule has 156 valence electrons. The van der Waals surface area contributed by atoms with Gasteiger partial charge in [0.05, 0.1) is 5.69 Å². The van der Waals surface area contributed by atoms with Crippen LogP contribution in [0.5, 0.6) is 0 Å². The van der Waals surface area contributed by atoms with Crippen molar-refractivity contribution in [3.63, 3.8) is 0 Å². The fourth-order valence-electron chi connectivity index (χ4n) is 7.40. The number of rotatable bonds is 1. The lowest BCUT2D eigenvalue weighted by atomic mass is 9.61. The van der Waals surface area contributed by atoms with Gasteiger partial charge >= 0.3 is 0 Å². The summed E-state index contributed by atoms with van der Waals surface area (Å²) in [4.78, 5) is 2.82. The van der Waals surface area contributed by atoms with Gasteiger partial charge in [-0.1, -0.05) is 61.0 Å². The maximum Gasteiger partial charge on any atom is 0.118 e. The second-order valence-corrected chi connectivity index (χ2v) is 9.99. The highest BCUT2D eigenvalue weighted by atomic mass is 15.4. The van der Waals surface area contributed by atoms with Gasteiger partial charge in [-0.15, -0.1) is 0 Å². The van der Waals surface area contributed by atoms with Gasteiger partial charge in [0, 0.05) is 28.6 Å². The Hall–Kier alpha value is -2.74. The predicted octanol–water partition coefficient (Wildman–Crippen LogP) is 7.58. The molecule has 3 aromatic rings. The monoisotopic (exact) mass is 406 g/mol. The Kier molecular flexibility index (Phi) is 3.82. The molecule has 2 aliphatic carbocycles. The Morgan fingerprint density at radius 1 is 0.806 bits per heavy atom. The molecule has 3 atom stereocenters. The lowest BCUT2D eigenvalue weighted by Crippen LogP contribution is -2.66. The molecule has 4 aliphatic rings. The van der Waals surface area contributed by atoms with Crippen molar-refractivity contribution >= 4 is 22.1 Å². The molecule has 2 aliphatic heterocycles. The van der Waals surface area contributed by atoms with Gasteiger partial charge in [-0.3, -0.25) is 0 Å². The topological polar surface area (TPSA) is 15.3 Å². The van der Waals surface area contributed by atoms with Crippen molar-refractivity contribution in [2.75, 3.05) is 10.2 Å². The van der Waals surface area contributed by atoms with E-state index < -0.39 is 0 Å². The van der Waals surface area contributed by atoms with E-state index >= 15 is 0 Å². The Balaban J connectivity index is 1.54. The smallest absolute Gasteiger partial charge is 0.118 e. The van der Waals surface area contributed by atoms with Crippen LogP contribution in [0.4, 0.5) is 11.4 Å². The zero-order valence-electron chi connectivity index (χ0n) is 18.1. The highest BCUT2D eigenvalue weighted by molar-refractivity contribution is 6.06.